The summed E-state index contributed by atoms with van der Waals surface area (Å²) in [6, 6.07) is 2.08. The average Bonchev–Trinajstić information content (AvgIpc) is 2.89. The SMILES string of the molecule is CN1CCCN(C)C2(CCN(Cc3ccoc3)CC2)C1. The van der Waals surface area contributed by atoms with E-state index < -0.39 is 0 Å². The van der Waals surface area contributed by atoms with E-state index in [1.54, 1.807) is 6.26 Å². The van der Waals surface area contributed by atoms with E-state index in [2.05, 4.69) is 34.9 Å². The van der Waals surface area contributed by atoms with Gasteiger partial charge in [0.05, 0.1) is 12.5 Å². The molecule has 1 aromatic heterocycles. The van der Waals surface area contributed by atoms with Gasteiger partial charge in [0.25, 0.3) is 0 Å². The average molecular weight is 277 g/mol. The number of likely N-dealkylation sites (tertiary alicyclic amines) is 1. The molecule has 3 rings (SSSR count). The predicted molar refractivity (Wildman–Crippen MR) is 80.7 cm³/mol. The van der Waals surface area contributed by atoms with Gasteiger partial charge in [0.1, 0.15) is 0 Å². The molecule has 0 bridgehead atoms. The second kappa shape index (κ2) is 5.88. The Morgan fingerprint density at radius 3 is 2.65 bits per heavy atom. The Morgan fingerprint density at radius 2 is 1.95 bits per heavy atom. The van der Waals surface area contributed by atoms with Gasteiger partial charge < -0.3 is 9.32 Å². The zero-order valence-electron chi connectivity index (χ0n) is 12.8. The van der Waals surface area contributed by atoms with Crippen molar-refractivity contribution in [2.75, 3.05) is 46.8 Å². The van der Waals surface area contributed by atoms with Gasteiger partial charge in [0.15, 0.2) is 0 Å². The lowest BCUT2D eigenvalue weighted by molar-refractivity contribution is 0.0295. The molecule has 0 radical (unpaired) electrons. The standard InChI is InChI=1S/C16H27N3O/c1-17-7-3-8-18(2)16(14-17)5-9-19(10-6-16)12-15-4-11-20-13-15/h4,11,13H,3,5-10,12,14H2,1-2H3. The van der Waals surface area contributed by atoms with Gasteiger partial charge in [0.2, 0.25) is 0 Å². The van der Waals surface area contributed by atoms with Crippen LogP contribution in [0.25, 0.3) is 0 Å². The van der Waals surface area contributed by atoms with E-state index in [0.717, 1.165) is 6.54 Å². The number of nitrogens with zero attached hydrogens (tertiary/aromatic N) is 3. The highest BCUT2D eigenvalue weighted by Crippen LogP contribution is 2.31. The summed E-state index contributed by atoms with van der Waals surface area (Å²) in [5.74, 6) is 0. The van der Waals surface area contributed by atoms with Crippen molar-refractivity contribution in [2.24, 2.45) is 0 Å². The maximum absolute atomic E-state index is 5.17. The van der Waals surface area contributed by atoms with Crippen LogP contribution in [0.15, 0.2) is 23.0 Å². The summed E-state index contributed by atoms with van der Waals surface area (Å²) < 4.78 is 5.17. The minimum atomic E-state index is 0.401. The molecule has 3 heterocycles. The van der Waals surface area contributed by atoms with E-state index in [-0.39, 0.29) is 0 Å². The van der Waals surface area contributed by atoms with Crippen LogP contribution in [0.2, 0.25) is 0 Å². The molecule has 0 N–H and O–H groups in total. The first-order chi connectivity index (χ1) is 9.68. The highest BCUT2D eigenvalue weighted by atomic mass is 16.3. The van der Waals surface area contributed by atoms with Crippen LogP contribution in [0.5, 0.6) is 0 Å². The summed E-state index contributed by atoms with van der Waals surface area (Å²) in [6.45, 7) is 7.14. The fraction of sp³-hybridized carbons (Fsp3) is 0.750. The molecule has 20 heavy (non-hydrogen) atoms. The third-order valence-corrected chi connectivity index (χ3v) is 5.18. The molecule has 2 fully saturated rings. The van der Waals surface area contributed by atoms with Crippen LogP contribution in [-0.4, -0.2) is 67.1 Å². The van der Waals surface area contributed by atoms with Gasteiger partial charge in [-0.05, 0) is 52.5 Å². The summed E-state index contributed by atoms with van der Waals surface area (Å²) in [6.07, 6.45) is 7.51. The van der Waals surface area contributed by atoms with Gasteiger partial charge in [-0.2, -0.15) is 0 Å². The van der Waals surface area contributed by atoms with Crippen molar-refractivity contribution < 1.29 is 4.42 Å². The van der Waals surface area contributed by atoms with Crippen LogP contribution < -0.4 is 0 Å². The molecule has 4 heteroatoms. The first-order valence-corrected chi connectivity index (χ1v) is 7.81. The van der Waals surface area contributed by atoms with E-state index in [1.807, 2.05) is 6.26 Å². The fourth-order valence-electron chi connectivity index (χ4n) is 3.83. The van der Waals surface area contributed by atoms with Gasteiger partial charge in [-0.1, -0.05) is 0 Å². The van der Waals surface area contributed by atoms with Crippen LogP contribution in [0.4, 0.5) is 0 Å². The number of rotatable bonds is 2. The van der Waals surface area contributed by atoms with E-state index >= 15 is 0 Å². The molecule has 0 atom stereocenters. The molecule has 1 spiro atoms. The summed E-state index contributed by atoms with van der Waals surface area (Å²) >= 11 is 0. The fourth-order valence-corrected chi connectivity index (χ4v) is 3.83. The molecule has 0 unspecified atom stereocenters. The Hall–Kier alpha value is -0.840. The molecular formula is C16H27N3O. The largest absolute Gasteiger partial charge is 0.472 e. The lowest BCUT2D eigenvalue weighted by Gasteiger charge is -2.47. The third-order valence-electron chi connectivity index (χ3n) is 5.18. The maximum atomic E-state index is 5.17. The van der Waals surface area contributed by atoms with E-state index in [4.69, 9.17) is 4.42 Å². The molecule has 112 valence electrons. The first kappa shape index (κ1) is 14.1. The predicted octanol–water partition coefficient (Wildman–Crippen LogP) is 1.88. The number of hydrogen-bond donors (Lipinski definition) is 0. The van der Waals surface area contributed by atoms with Gasteiger partial charge in [-0.25, -0.2) is 0 Å². The Morgan fingerprint density at radius 1 is 1.15 bits per heavy atom. The zero-order chi connectivity index (χ0) is 14.0. The van der Waals surface area contributed by atoms with Crippen LogP contribution >= 0.6 is 0 Å². The van der Waals surface area contributed by atoms with Gasteiger partial charge in [-0.3, -0.25) is 9.80 Å². The van der Waals surface area contributed by atoms with E-state index in [9.17, 15) is 0 Å². The summed E-state index contributed by atoms with van der Waals surface area (Å²) in [7, 11) is 4.60. The van der Waals surface area contributed by atoms with Gasteiger partial charge in [-0.15, -0.1) is 0 Å². The highest BCUT2D eigenvalue weighted by Gasteiger charge is 2.39. The smallest absolute Gasteiger partial charge is 0.0947 e. The van der Waals surface area contributed by atoms with Crippen molar-refractivity contribution in [2.45, 2.75) is 31.3 Å². The molecule has 2 saturated heterocycles. The summed E-state index contributed by atoms with van der Waals surface area (Å²) in [5, 5.41) is 0. The number of likely N-dealkylation sites (N-methyl/N-ethyl adjacent to an activating group) is 2. The van der Waals surface area contributed by atoms with Crippen molar-refractivity contribution >= 4 is 0 Å². The van der Waals surface area contributed by atoms with Crippen LogP contribution in [0.1, 0.15) is 24.8 Å². The van der Waals surface area contributed by atoms with Crippen molar-refractivity contribution in [3.63, 3.8) is 0 Å². The second-order valence-electron chi connectivity index (χ2n) is 6.64. The monoisotopic (exact) mass is 277 g/mol. The van der Waals surface area contributed by atoms with Crippen LogP contribution in [0, 0.1) is 0 Å². The molecule has 2 aliphatic rings. The normalized spacial score (nSPS) is 25.9. The third kappa shape index (κ3) is 2.92. The first-order valence-electron chi connectivity index (χ1n) is 7.81. The summed E-state index contributed by atoms with van der Waals surface area (Å²) in [5.41, 5.74) is 1.70. The highest BCUT2D eigenvalue weighted by molar-refractivity contribution is 5.06. The lowest BCUT2D eigenvalue weighted by atomic mass is 9.85. The minimum absolute atomic E-state index is 0.401. The quantitative estimate of drug-likeness (QED) is 0.823. The number of piperidine rings is 1. The number of hydrogen-bond acceptors (Lipinski definition) is 4. The Labute approximate surface area is 122 Å². The summed E-state index contributed by atoms with van der Waals surface area (Å²) in [4.78, 5) is 7.72. The van der Waals surface area contributed by atoms with Crippen molar-refractivity contribution in [3.05, 3.63) is 24.2 Å². The van der Waals surface area contributed by atoms with Crippen molar-refractivity contribution in [3.8, 4) is 0 Å². The lowest BCUT2D eigenvalue weighted by Crippen LogP contribution is -2.57. The topological polar surface area (TPSA) is 22.9 Å². The van der Waals surface area contributed by atoms with Crippen LogP contribution in [-0.2, 0) is 6.54 Å². The molecule has 1 aromatic rings. The van der Waals surface area contributed by atoms with Gasteiger partial charge >= 0.3 is 0 Å². The van der Waals surface area contributed by atoms with Crippen LogP contribution in [0.3, 0.4) is 0 Å². The Balaban J connectivity index is 1.61. The molecular weight excluding hydrogens is 250 g/mol. The molecule has 0 aliphatic carbocycles. The molecule has 2 aliphatic heterocycles. The Bertz CT molecular complexity index is 409. The van der Waals surface area contributed by atoms with Crippen molar-refractivity contribution in [1.29, 1.82) is 0 Å². The number of furan rings is 1. The van der Waals surface area contributed by atoms with E-state index in [0.29, 0.717) is 5.54 Å². The molecule has 0 saturated carbocycles. The Kier molecular flexibility index (Phi) is 4.15. The molecule has 0 amide bonds. The second-order valence-corrected chi connectivity index (χ2v) is 6.64. The molecule has 0 aromatic carbocycles. The molecule has 4 nitrogen and oxygen atoms in total. The zero-order valence-corrected chi connectivity index (χ0v) is 12.8. The van der Waals surface area contributed by atoms with Crippen molar-refractivity contribution in [1.82, 2.24) is 14.7 Å². The maximum Gasteiger partial charge on any atom is 0.0947 e. The van der Waals surface area contributed by atoms with E-state index in [1.165, 1.54) is 57.5 Å². The van der Waals surface area contributed by atoms with Gasteiger partial charge in [0, 0.05) is 37.3 Å². The minimum Gasteiger partial charge on any atom is -0.472 e.